The van der Waals surface area contributed by atoms with E-state index in [1.165, 1.54) is 0 Å². The number of carbonyl (C=O) groups is 1. The number of carbonyl (C=O) groups excluding carboxylic acids is 1. The van der Waals surface area contributed by atoms with Crippen LogP contribution >= 0.6 is 0 Å². The Morgan fingerprint density at radius 1 is 0.800 bits per heavy atom. The van der Waals surface area contributed by atoms with Crippen molar-refractivity contribution < 1.29 is 4.79 Å². The van der Waals surface area contributed by atoms with E-state index in [0.717, 1.165) is 22.2 Å². The third kappa shape index (κ3) is 3.04. The molecule has 122 valence electrons. The summed E-state index contributed by atoms with van der Waals surface area (Å²) in [5.41, 5.74) is 3.54. The number of rotatable bonds is 5. The van der Waals surface area contributed by atoms with Gasteiger partial charge in [0, 0.05) is 28.4 Å². The zero-order valence-corrected chi connectivity index (χ0v) is 13.6. The van der Waals surface area contributed by atoms with E-state index in [1.54, 1.807) is 6.20 Å². The molecule has 0 radical (unpaired) electrons. The van der Waals surface area contributed by atoms with Gasteiger partial charge in [0.2, 0.25) is 0 Å². The Kier molecular flexibility index (Phi) is 4.05. The Hall–Kier alpha value is -3.33. The van der Waals surface area contributed by atoms with Crippen LogP contribution in [0.2, 0.25) is 0 Å². The van der Waals surface area contributed by atoms with Gasteiger partial charge in [-0.15, -0.1) is 0 Å². The number of hydrogen-bond donors (Lipinski definition) is 2. The Morgan fingerprint density at radius 2 is 1.44 bits per heavy atom. The van der Waals surface area contributed by atoms with E-state index >= 15 is 0 Å². The van der Waals surface area contributed by atoms with Gasteiger partial charge in [-0.3, -0.25) is 4.79 Å². The third-order valence-electron chi connectivity index (χ3n) is 4.33. The molecule has 3 aromatic carbocycles. The van der Waals surface area contributed by atoms with Crippen LogP contribution < -0.4 is 5.32 Å². The Morgan fingerprint density at radius 3 is 2.20 bits per heavy atom. The average molecular weight is 326 g/mol. The molecule has 0 aliphatic heterocycles. The van der Waals surface area contributed by atoms with E-state index in [4.69, 9.17) is 0 Å². The normalized spacial score (nSPS) is 12.0. The fraction of sp³-hybridized carbons (Fsp3) is 0.0455. The van der Waals surface area contributed by atoms with Gasteiger partial charge < -0.3 is 10.3 Å². The number of nitrogens with one attached hydrogen (secondary N) is 2. The lowest BCUT2D eigenvalue weighted by molar-refractivity contribution is 0.0971. The minimum Gasteiger partial charge on any atom is -0.371 e. The average Bonchev–Trinajstić information content (AvgIpc) is 3.11. The maximum absolute atomic E-state index is 13.3. The van der Waals surface area contributed by atoms with Gasteiger partial charge >= 0.3 is 0 Å². The highest BCUT2D eigenvalue weighted by molar-refractivity contribution is 6.11. The molecule has 0 aliphatic rings. The van der Waals surface area contributed by atoms with Crippen molar-refractivity contribution in [3.05, 3.63) is 102 Å². The summed E-state index contributed by atoms with van der Waals surface area (Å²) in [6.07, 6.45) is 1.80. The van der Waals surface area contributed by atoms with Crippen molar-refractivity contribution in [1.29, 1.82) is 0 Å². The zero-order chi connectivity index (χ0) is 17.1. The van der Waals surface area contributed by atoms with E-state index in [2.05, 4.69) is 10.3 Å². The van der Waals surface area contributed by atoms with Gasteiger partial charge in [-0.1, -0.05) is 66.7 Å². The zero-order valence-electron chi connectivity index (χ0n) is 13.6. The van der Waals surface area contributed by atoms with Crippen molar-refractivity contribution in [3.63, 3.8) is 0 Å². The van der Waals surface area contributed by atoms with Crippen LogP contribution in [0.5, 0.6) is 0 Å². The van der Waals surface area contributed by atoms with Gasteiger partial charge in [-0.2, -0.15) is 0 Å². The molecule has 0 saturated heterocycles. The number of aromatic nitrogens is 1. The van der Waals surface area contributed by atoms with Gasteiger partial charge in [0.25, 0.3) is 0 Å². The van der Waals surface area contributed by atoms with Crippen molar-refractivity contribution in [2.24, 2.45) is 0 Å². The van der Waals surface area contributed by atoms with Crippen LogP contribution in [0.4, 0.5) is 5.69 Å². The summed E-state index contributed by atoms with van der Waals surface area (Å²) >= 11 is 0. The van der Waals surface area contributed by atoms with Crippen LogP contribution in [0.25, 0.3) is 10.9 Å². The lowest BCUT2D eigenvalue weighted by Crippen LogP contribution is -2.21. The van der Waals surface area contributed by atoms with Gasteiger partial charge in [0.15, 0.2) is 5.78 Å². The first-order chi connectivity index (χ1) is 12.3. The van der Waals surface area contributed by atoms with Gasteiger partial charge in [0.05, 0.1) is 0 Å². The number of fused-ring (bicyclic) bond motifs is 1. The summed E-state index contributed by atoms with van der Waals surface area (Å²) in [5.74, 6) is 0.0486. The smallest absolute Gasteiger partial charge is 0.191 e. The number of aromatic amines is 1. The van der Waals surface area contributed by atoms with Gasteiger partial charge in [-0.25, -0.2) is 0 Å². The van der Waals surface area contributed by atoms with E-state index in [1.807, 2.05) is 84.9 Å². The SMILES string of the molecule is O=C(c1c[nH]c2ccccc12)[C@@H](Nc1ccccc1)c1ccccc1. The van der Waals surface area contributed by atoms with Crippen LogP contribution in [0.1, 0.15) is 22.0 Å². The molecule has 0 spiro atoms. The predicted octanol–water partition coefficient (Wildman–Crippen LogP) is 5.20. The van der Waals surface area contributed by atoms with E-state index in [0.29, 0.717) is 5.56 Å². The van der Waals surface area contributed by atoms with Crippen molar-refractivity contribution in [1.82, 2.24) is 4.98 Å². The Bertz CT molecular complexity index is 990. The highest BCUT2D eigenvalue weighted by Gasteiger charge is 2.24. The fourth-order valence-corrected chi connectivity index (χ4v) is 3.08. The quantitative estimate of drug-likeness (QED) is 0.495. The number of hydrogen-bond acceptors (Lipinski definition) is 2. The summed E-state index contributed by atoms with van der Waals surface area (Å²) in [5, 5.41) is 4.33. The maximum Gasteiger partial charge on any atom is 0.191 e. The van der Waals surface area contributed by atoms with E-state index in [9.17, 15) is 4.79 Å². The number of ketones is 1. The minimum absolute atomic E-state index is 0.0486. The van der Waals surface area contributed by atoms with Crippen molar-refractivity contribution >= 4 is 22.4 Å². The molecule has 0 unspecified atom stereocenters. The molecule has 3 nitrogen and oxygen atoms in total. The molecule has 0 aliphatic carbocycles. The van der Waals surface area contributed by atoms with Crippen LogP contribution in [-0.4, -0.2) is 10.8 Å². The molecule has 1 heterocycles. The van der Waals surface area contributed by atoms with Crippen LogP contribution in [0, 0.1) is 0 Å². The molecular formula is C22H18N2O. The topological polar surface area (TPSA) is 44.9 Å². The molecule has 1 aromatic heterocycles. The maximum atomic E-state index is 13.3. The van der Waals surface area contributed by atoms with Crippen molar-refractivity contribution in [2.75, 3.05) is 5.32 Å². The molecular weight excluding hydrogens is 308 g/mol. The van der Waals surface area contributed by atoms with Crippen molar-refractivity contribution in [2.45, 2.75) is 6.04 Å². The number of anilines is 1. The second-order valence-corrected chi connectivity index (χ2v) is 5.97. The number of H-pyrrole nitrogens is 1. The van der Waals surface area contributed by atoms with Crippen molar-refractivity contribution in [3.8, 4) is 0 Å². The summed E-state index contributed by atoms with van der Waals surface area (Å²) in [6.45, 7) is 0. The summed E-state index contributed by atoms with van der Waals surface area (Å²) < 4.78 is 0. The van der Waals surface area contributed by atoms with Gasteiger partial charge in [-0.05, 0) is 23.8 Å². The highest BCUT2D eigenvalue weighted by atomic mass is 16.1. The molecule has 0 amide bonds. The number of Topliss-reactive ketones (excluding diaryl/α,β-unsaturated/α-hetero) is 1. The first-order valence-electron chi connectivity index (χ1n) is 8.30. The molecule has 2 N–H and O–H groups in total. The molecule has 25 heavy (non-hydrogen) atoms. The van der Waals surface area contributed by atoms with Crippen LogP contribution in [0.3, 0.4) is 0 Å². The third-order valence-corrected chi connectivity index (χ3v) is 4.33. The standard InChI is InChI=1S/C22H18N2O/c25-22(19-15-23-20-14-8-7-13-18(19)20)21(16-9-3-1-4-10-16)24-17-11-5-2-6-12-17/h1-15,21,23-24H/t21-/m0/s1. The first kappa shape index (κ1) is 15.2. The summed E-state index contributed by atoms with van der Waals surface area (Å²) in [7, 11) is 0. The monoisotopic (exact) mass is 326 g/mol. The second-order valence-electron chi connectivity index (χ2n) is 5.97. The Balaban J connectivity index is 1.76. The number of para-hydroxylation sites is 2. The van der Waals surface area contributed by atoms with Crippen LogP contribution in [-0.2, 0) is 0 Å². The summed E-state index contributed by atoms with van der Waals surface area (Å²) in [6, 6.07) is 27.1. The van der Waals surface area contributed by atoms with E-state index in [-0.39, 0.29) is 5.78 Å². The lowest BCUT2D eigenvalue weighted by atomic mass is 9.96. The largest absolute Gasteiger partial charge is 0.371 e. The second kappa shape index (κ2) is 6.65. The van der Waals surface area contributed by atoms with Crippen LogP contribution in [0.15, 0.2) is 91.1 Å². The molecule has 0 bridgehead atoms. The Labute approximate surface area is 146 Å². The molecule has 4 aromatic rings. The number of benzene rings is 3. The van der Waals surface area contributed by atoms with E-state index < -0.39 is 6.04 Å². The lowest BCUT2D eigenvalue weighted by Gasteiger charge is -2.19. The molecule has 3 heteroatoms. The highest BCUT2D eigenvalue weighted by Crippen LogP contribution is 2.27. The first-order valence-corrected chi connectivity index (χ1v) is 8.30. The molecule has 0 fully saturated rings. The molecule has 4 rings (SSSR count). The summed E-state index contributed by atoms with van der Waals surface area (Å²) in [4.78, 5) is 16.5. The fourth-order valence-electron chi connectivity index (χ4n) is 3.08. The molecule has 0 saturated carbocycles. The predicted molar refractivity (Wildman–Crippen MR) is 102 cm³/mol. The molecule has 1 atom stereocenters. The minimum atomic E-state index is -0.442. The van der Waals surface area contributed by atoms with Gasteiger partial charge in [0.1, 0.15) is 6.04 Å².